The minimum atomic E-state index is -2.06. The smallest absolute Gasteiger partial charge is 0.118 e. The number of rotatable bonds is 5. The van der Waals surface area contributed by atoms with Gasteiger partial charge in [0.15, 0.2) is 0 Å². The normalized spacial score (nSPS) is 23.3. The summed E-state index contributed by atoms with van der Waals surface area (Å²) in [7, 11) is 0. The Bertz CT molecular complexity index is 148. The lowest BCUT2D eigenvalue weighted by molar-refractivity contribution is -0.180. The van der Waals surface area contributed by atoms with E-state index in [1.807, 2.05) is 0 Å². The molecular formula is C7H16O6. The summed E-state index contributed by atoms with van der Waals surface area (Å²) in [6.07, 6.45) is -4.86. The van der Waals surface area contributed by atoms with Crippen LogP contribution in [0.4, 0.5) is 0 Å². The maximum atomic E-state index is 9.42. The van der Waals surface area contributed by atoms with Gasteiger partial charge in [0.25, 0.3) is 0 Å². The van der Waals surface area contributed by atoms with Crippen LogP contribution in [0, 0.1) is 0 Å². The van der Waals surface area contributed by atoms with Gasteiger partial charge < -0.3 is 30.6 Å². The van der Waals surface area contributed by atoms with E-state index in [1.165, 1.54) is 0 Å². The molecule has 0 aromatic heterocycles. The zero-order valence-corrected chi connectivity index (χ0v) is 7.33. The molecule has 6 nitrogen and oxygen atoms in total. The lowest BCUT2D eigenvalue weighted by Crippen LogP contribution is -2.56. The molecule has 0 amide bonds. The van der Waals surface area contributed by atoms with Crippen LogP contribution in [0.2, 0.25) is 0 Å². The fourth-order valence-corrected chi connectivity index (χ4v) is 0.871. The number of aliphatic hydroxyl groups excluding tert-OH is 5. The Morgan fingerprint density at radius 3 is 1.85 bits per heavy atom. The maximum absolute atomic E-state index is 9.42. The second kappa shape index (κ2) is 4.85. The predicted octanol–water partition coefficient (Wildman–Crippen LogP) is -3.20. The molecule has 0 fully saturated rings. The third-order valence-electron chi connectivity index (χ3n) is 2.00. The Balaban J connectivity index is 4.42. The average molecular weight is 196 g/mol. The van der Waals surface area contributed by atoms with Crippen molar-refractivity contribution in [1.82, 2.24) is 0 Å². The first kappa shape index (κ1) is 12.8. The Kier molecular flexibility index (Phi) is 4.76. The molecular weight excluding hydrogens is 180 g/mol. The molecule has 0 rings (SSSR count). The lowest BCUT2D eigenvalue weighted by atomic mass is 9.89. The van der Waals surface area contributed by atoms with E-state index in [0.29, 0.717) is 0 Å². The van der Waals surface area contributed by atoms with E-state index in [0.717, 1.165) is 6.92 Å². The molecule has 0 spiro atoms. The van der Waals surface area contributed by atoms with E-state index >= 15 is 0 Å². The van der Waals surface area contributed by atoms with Crippen molar-refractivity contribution in [2.24, 2.45) is 0 Å². The monoisotopic (exact) mass is 196 g/mol. The predicted molar refractivity (Wildman–Crippen MR) is 42.8 cm³/mol. The van der Waals surface area contributed by atoms with E-state index < -0.39 is 37.1 Å². The molecule has 0 aliphatic carbocycles. The van der Waals surface area contributed by atoms with Crippen LogP contribution in [0.15, 0.2) is 0 Å². The molecule has 0 saturated carbocycles. The standard InChI is InChI=1S/C7H16O6/c1-7(13,5(11)3-9)6(12)4(10)2-8/h4-6,8-13H,2-3H2,1H3/t4-,5-,6-,7-/m1/s1. The second-order valence-corrected chi connectivity index (χ2v) is 3.12. The van der Waals surface area contributed by atoms with Gasteiger partial charge in [-0.25, -0.2) is 0 Å². The van der Waals surface area contributed by atoms with Crippen LogP contribution in [0.5, 0.6) is 0 Å². The summed E-state index contributed by atoms with van der Waals surface area (Å²) in [6.45, 7) is -0.435. The molecule has 80 valence electrons. The molecule has 0 radical (unpaired) electrons. The van der Waals surface area contributed by atoms with Crippen molar-refractivity contribution in [2.75, 3.05) is 13.2 Å². The fraction of sp³-hybridized carbons (Fsp3) is 1.00. The Morgan fingerprint density at radius 2 is 1.54 bits per heavy atom. The summed E-state index contributed by atoms with van der Waals surface area (Å²) in [6, 6.07) is 0. The molecule has 0 saturated heterocycles. The first-order chi connectivity index (χ1) is 5.87. The second-order valence-electron chi connectivity index (χ2n) is 3.12. The van der Waals surface area contributed by atoms with Crippen molar-refractivity contribution in [3.8, 4) is 0 Å². The van der Waals surface area contributed by atoms with E-state index in [9.17, 15) is 10.2 Å². The van der Waals surface area contributed by atoms with Crippen molar-refractivity contribution in [1.29, 1.82) is 0 Å². The van der Waals surface area contributed by atoms with Gasteiger partial charge in [-0.1, -0.05) is 0 Å². The van der Waals surface area contributed by atoms with Crippen molar-refractivity contribution in [3.05, 3.63) is 0 Å². The summed E-state index contributed by atoms with van der Waals surface area (Å²) >= 11 is 0. The van der Waals surface area contributed by atoms with Crippen LogP contribution in [-0.2, 0) is 0 Å². The molecule has 0 aromatic rings. The van der Waals surface area contributed by atoms with Gasteiger partial charge in [0.2, 0.25) is 0 Å². The molecule has 13 heavy (non-hydrogen) atoms. The molecule has 0 heterocycles. The SMILES string of the molecule is C[C@@](O)([C@H](O)CO)[C@H](O)[C@H](O)CO. The molecule has 0 bridgehead atoms. The van der Waals surface area contributed by atoms with Gasteiger partial charge in [0.05, 0.1) is 13.2 Å². The topological polar surface area (TPSA) is 121 Å². The first-order valence-electron chi connectivity index (χ1n) is 3.86. The van der Waals surface area contributed by atoms with Gasteiger partial charge in [0.1, 0.15) is 23.9 Å². The van der Waals surface area contributed by atoms with Gasteiger partial charge in [-0.05, 0) is 6.92 Å². The van der Waals surface area contributed by atoms with Crippen molar-refractivity contribution in [2.45, 2.75) is 30.8 Å². The third-order valence-corrected chi connectivity index (χ3v) is 2.00. The number of hydrogen-bond donors (Lipinski definition) is 6. The highest BCUT2D eigenvalue weighted by molar-refractivity contribution is 4.92. The Labute approximate surface area is 75.7 Å². The Hall–Kier alpha value is -0.240. The van der Waals surface area contributed by atoms with Crippen molar-refractivity contribution >= 4 is 0 Å². The minimum absolute atomic E-state index is 0.741. The van der Waals surface area contributed by atoms with Crippen molar-refractivity contribution in [3.63, 3.8) is 0 Å². The lowest BCUT2D eigenvalue weighted by Gasteiger charge is -2.34. The van der Waals surface area contributed by atoms with Crippen LogP contribution in [0.3, 0.4) is 0 Å². The molecule has 0 aliphatic rings. The number of hydrogen-bond acceptors (Lipinski definition) is 6. The highest BCUT2D eigenvalue weighted by Gasteiger charge is 2.41. The quantitative estimate of drug-likeness (QED) is 0.275. The van der Waals surface area contributed by atoms with Gasteiger partial charge in [-0.15, -0.1) is 0 Å². The maximum Gasteiger partial charge on any atom is 0.118 e. The molecule has 0 unspecified atom stereocenters. The average Bonchev–Trinajstić information content (AvgIpc) is 2.13. The van der Waals surface area contributed by atoms with Crippen LogP contribution >= 0.6 is 0 Å². The van der Waals surface area contributed by atoms with Crippen LogP contribution < -0.4 is 0 Å². The highest BCUT2D eigenvalue weighted by Crippen LogP contribution is 2.17. The fourth-order valence-electron chi connectivity index (χ4n) is 0.871. The third kappa shape index (κ3) is 2.87. The van der Waals surface area contributed by atoms with Crippen LogP contribution in [0.25, 0.3) is 0 Å². The summed E-state index contributed by atoms with van der Waals surface area (Å²) in [4.78, 5) is 0. The summed E-state index contributed by atoms with van der Waals surface area (Å²) < 4.78 is 0. The summed E-state index contributed by atoms with van der Waals surface area (Å²) in [5.74, 6) is 0. The summed E-state index contributed by atoms with van der Waals surface area (Å²) in [5, 5.41) is 53.6. The zero-order valence-electron chi connectivity index (χ0n) is 7.33. The highest BCUT2D eigenvalue weighted by atomic mass is 16.4. The van der Waals surface area contributed by atoms with Gasteiger partial charge in [-0.2, -0.15) is 0 Å². The van der Waals surface area contributed by atoms with E-state index in [4.69, 9.17) is 20.4 Å². The molecule has 0 aliphatic heterocycles. The van der Waals surface area contributed by atoms with E-state index in [-0.39, 0.29) is 0 Å². The van der Waals surface area contributed by atoms with Crippen molar-refractivity contribution < 1.29 is 30.6 Å². The largest absolute Gasteiger partial charge is 0.394 e. The molecule has 0 aromatic carbocycles. The van der Waals surface area contributed by atoms with Gasteiger partial charge in [0, 0.05) is 0 Å². The summed E-state index contributed by atoms with van der Waals surface area (Å²) in [5.41, 5.74) is -2.06. The molecule has 4 atom stereocenters. The van der Waals surface area contributed by atoms with Gasteiger partial charge >= 0.3 is 0 Å². The number of aliphatic hydroxyl groups is 6. The van der Waals surface area contributed by atoms with Crippen LogP contribution in [0.1, 0.15) is 6.92 Å². The minimum Gasteiger partial charge on any atom is -0.394 e. The molecule has 6 heteroatoms. The Morgan fingerprint density at radius 1 is 1.08 bits per heavy atom. The molecule has 6 N–H and O–H groups in total. The zero-order chi connectivity index (χ0) is 10.6. The van der Waals surface area contributed by atoms with Gasteiger partial charge in [-0.3, -0.25) is 0 Å². The van der Waals surface area contributed by atoms with E-state index in [2.05, 4.69) is 0 Å². The first-order valence-corrected chi connectivity index (χ1v) is 3.86. The van der Waals surface area contributed by atoms with E-state index in [1.54, 1.807) is 0 Å². The van der Waals surface area contributed by atoms with Crippen LogP contribution in [-0.4, -0.2) is 67.8 Å².